The smallest absolute Gasteiger partial charge is 0.128 e. The Hall–Kier alpha value is -1.68. The summed E-state index contributed by atoms with van der Waals surface area (Å²) in [5.74, 6) is -0.192. The number of benzene rings is 1. The third-order valence-corrected chi connectivity index (χ3v) is 2.68. The molecule has 1 aromatic heterocycles. The monoisotopic (exact) mass is 233 g/mol. The molecular formula is C13H16FN3. The first-order valence-corrected chi connectivity index (χ1v) is 5.68. The summed E-state index contributed by atoms with van der Waals surface area (Å²) in [6.45, 7) is 2.78. The van der Waals surface area contributed by atoms with Crippen molar-refractivity contribution in [2.45, 2.75) is 13.0 Å². The number of aryl methyl sites for hydroxylation is 1. The second kappa shape index (κ2) is 5.10. The summed E-state index contributed by atoms with van der Waals surface area (Å²) in [7, 11) is 1.86. The van der Waals surface area contributed by atoms with Crippen molar-refractivity contribution in [2.24, 2.45) is 7.05 Å². The fourth-order valence-corrected chi connectivity index (χ4v) is 1.91. The van der Waals surface area contributed by atoms with Crippen molar-refractivity contribution in [1.29, 1.82) is 0 Å². The van der Waals surface area contributed by atoms with Gasteiger partial charge in [-0.1, -0.05) is 25.1 Å². The lowest BCUT2D eigenvalue weighted by molar-refractivity contribution is 0.559. The van der Waals surface area contributed by atoms with E-state index in [0.29, 0.717) is 5.56 Å². The zero-order valence-electron chi connectivity index (χ0n) is 10.0. The molecule has 0 spiro atoms. The molecule has 1 atom stereocenters. The van der Waals surface area contributed by atoms with E-state index >= 15 is 0 Å². The van der Waals surface area contributed by atoms with Gasteiger partial charge >= 0.3 is 0 Å². The SMILES string of the molecule is CCNC(c1cnn(C)c1)c1ccccc1F. The van der Waals surface area contributed by atoms with Crippen molar-refractivity contribution in [3.63, 3.8) is 0 Å². The summed E-state index contributed by atoms with van der Waals surface area (Å²) in [4.78, 5) is 0. The second-order valence-electron chi connectivity index (χ2n) is 3.96. The standard InChI is InChI=1S/C13H16FN3/c1-3-15-13(10-8-16-17(2)9-10)11-6-4-5-7-12(11)14/h4-9,13,15H,3H2,1-2H3. The Labute approximate surface area is 100 Å². The van der Waals surface area contributed by atoms with E-state index in [1.54, 1.807) is 23.0 Å². The number of nitrogens with one attached hydrogen (secondary N) is 1. The number of hydrogen-bond donors (Lipinski definition) is 1. The normalized spacial score (nSPS) is 12.6. The maximum atomic E-state index is 13.8. The molecule has 1 unspecified atom stereocenters. The summed E-state index contributed by atoms with van der Waals surface area (Å²) in [5, 5.41) is 7.41. The number of hydrogen-bond acceptors (Lipinski definition) is 2. The summed E-state index contributed by atoms with van der Waals surface area (Å²) in [6.07, 6.45) is 3.67. The predicted octanol–water partition coefficient (Wildman–Crippen LogP) is 2.26. The van der Waals surface area contributed by atoms with Crippen LogP contribution in [0.1, 0.15) is 24.1 Å². The Morgan fingerprint density at radius 3 is 2.76 bits per heavy atom. The van der Waals surface area contributed by atoms with Gasteiger partial charge in [-0.05, 0) is 12.6 Å². The molecule has 0 aliphatic carbocycles. The lowest BCUT2D eigenvalue weighted by Gasteiger charge is -2.17. The van der Waals surface area contributed by atoms with E-state index in [9.17, 15) is 4.39 Å². The largest absolute Gasteiger partial charge is 0.306 e. The Balaban J connectivity index is 2.39. The van der Waals surface area contributed by atoms with Crippen LogP contribution in [0.25, 0.3) is 0 Å². The number of aromatic nitrogens is 2. The number of halogens is 1. The van der Waals surface area contributed by atoms with Gasteiger partial charge in [0.15, 0.2) is 0 Å². The maximum Gasteiger partial charge on any atom is 0.128 e. The molecule has 0 amide bonds. The minimum atomic E-state index is -0.192. The van der Waals surface area contributed by atoms with Crippen LogP contribution in [0.3, 0.4) is 0 Å². The fraction of sp³-hybridized carbons (Fsp3) is 0.308. The average Bonchev–Trinajstić information content (AvgIpc) is 2.74. The molecule has 4 heteroatoms. The van der Waals surface area contributed by atoms with E-state index < -0.39 is 0 Å². The molecule has 0 fully saturated rings. The van der Waals surface area contributed by atoms with E-state index in [2.05, 4.69) is 10.4 Å². The first-order chi connectivity index (χ1) is 8.22. The molecule has 1 aromatic carbocycles. The van der Waals surface area contributed by atoms with Crippen molar-refractivity contribution in [2.75, 3.05) is 6.54 Å². The minimum absolute atomic E-state index is 0.144. The van der Waals surface area contributed by atoms with Crippen molar-refractivity contribution < 1.29 is 4.39 Å². The molecule has 1 heterocycles. The van der Waals surface area contributed by atoms with Crippen LogP contribution in [0.4, 0.5) is 4.39 Å². The van der Waals surface area contributed by atoms with Gasteiger partial charge in [-0.2, -0.15) is 5.10 Å². The minimum Gasteiger partial charge on any atom is -0.306 e. The first-order valence-electron chi connectivity index (χ1n) is 5.68. The highest BCUT2D eigenvalue weighted by Crippen LogP contribution is 2.23. The van der Waals surface area contributed by atoms with Crippen molar-refractivity contribution in [3.05, 3.63) is 53.6 Å². The van der Waals surface area contributed by atoms with Gasteiger partial charge in [0.1, 0.15) is 5.82 Å². The first kappa shape index (κ1) is 11.8. The molecule has 1 N–H and O–H groups in total. The highest BCUT2D eigenvalue weighted by atomic mass is 19.1. The van der Waals surface area contributed by atoms with Crippen LogP contribution < -0.4 is 5.32 Å². The molecule has 3 nitrogen and oxygen atoms in total. The van der Waals surface area contributed by atoms with E-state index in [1.807, 2.05) is 26.2 Å². The van der Waals surface area contributed by atoms with E-state index in [1.165, 1.54) is 6.07 Å². The molecule has 17 heavy (non-hydrogen) atoms. The van der Waals surface area contributed by atoms with E-state index in [4.69, 9.17) is 0 Å². The molecule has 0 aliphatic heterocycles. The summed E-state index contributed by atoms with van der Waals surface area (Å²) >= 11 is 0. The fourth-order valence-electron chi connectivity index (χ4n) is 1.91. The zero-order valence-corrected chi connectivity index (χ0v) is 10.0. The zero-order chi connectivity index (χ0) is 12.3. The van der Waals surface area contributed by atoms with Gasteiger partial charge in [-0.15, -0.1) is 0 Å². The van der Waals surface area contributed by atoms with Gasteiger partial charge in [0.25, 0.3) is 0 Å². The van der Waals surface area contributed by atoms with Crippen LogP contribution in [0.15, 0.2) is 36.7 Å². The second-order valence-corrected chi connectivity index (χ2v) is 3.96. The Morgan fingerprint density at radius 2 is 2.18 bits per heavy atom. The summed E-state index contributed by atoms with van der Waals surface area (Å²) < 4.78 is 15.5. The molecule has 2 rings (SSSR count). The molecule has 0 bridgehead atoms. The average molecular weight is 233 g/mol. The predicted molar refractivity (Wildman–Crippen MR) is 65.1 cm³/mol. The van der Waals surface area contributed by atoms with Gasteiger partial charge in [0.05, 0.1) is 12.2 Å². The summed E-state index contributed by atoms with van der Waals surface area (Å²) in [5.41, 5.74) is 1.63. The molecule has 0 aliphatic rings. The van der Waals surface area contributed by atoms with Crippen LogP contribution in [-0.2, 0) is 7.05 Å². The van der Waals surface area contributed by atoms with Gasteiger partial charge in [-0.25, -0.2) is 4.39 Å². The van der Waals surface area contributed by atoms with E-state index in [0.717, 1.165) is 12.1 Å². The third-order valence-electron chi connectivity index (χ3n) is 2.68. The summed E-state index contributed by atoms with van der Waals surface area (Å²) in [6, 6.07) is 6.69. The third kappa shape index (κ3) is 2.53. The van der Waals surface area contributed by atoms with Gasteiger partial charge in [0, 0.05) is 24.4 Å². The van der Waals surface area contributed by atoms with Crippen molar-refractivity contribution >= 4 is 0 Å². The lowest BCUT2D eigenvalue weighted by Crippen LogP contribution is -2.22. The highest BCUT2D eigenvalue weighted by molar-refractivity contribution is 5.30. The maximum absolute atomic E-state index is 13.8. The van der Waals surface area contributed by atoms with Gasteiger partial charge in [0.2, 0.25) is 0 Å². The van der Waals surface area contributed by atoms with Crippen LogP contribution in [0.5, 0.6) is 0 Å². The van der Waals surface area contributed by atoms with Crippen LogP contribution in [0, 0.1) is 5.82 Å². The van der Waals surface area contributed by atoms with Crippen LogP contribution >= 0.6 is 0 Å². The Bertz CT molecular complexity index is 493. The van der Waals surface area contributed by atoms with E-state index in [-0.39, 0.29) is 11.9 Å². The molecular weight excluding hydrogens is 217 g/mol. The number of rotatable bonds is 4. The lowest BCUT2D eigenvalue weighted by atomic mass is 10.0. The molecule has 2 aromatic rings. The van der Waals surface area contributed by atoms with Crippen molar-refractivity contribution in [3.8, 4) is 0 Å². The van der Waals surface area contributed by atoms with Crippen LogP contribution in [0.2, 0.25) is 0 Å². The highest BCUT2D eigenvalue weighted by Gasteiger charge is 2.17. The van der Waals surface area contributed by atoms with Gasteiger partial charge in [-0.3, -0.25) is 4.68 Å². The molecule has 0 saturated heterocycles. The molecule has 90 valence electrons. The van der Waals surface area contributed by atoms with Gasteiger partial charge < -0.3 is 5.32 Å². The Kier molecular flexibility index (Phi) is 3.54. The topological polar surface area (TPSA) is 29.9 Å². The van der Waals surface area contributed by atoms with Crippen molar-refractivity contribution in [1.82, 2.24) is 15.1 Å². The quantitative estimate of drug-likeness (QED) is 0.877. The number of nitrogens with zero attached hydrogens (tertiary/aromatic N) is 2. The molecule has 0 radical (unpaired) electrons. The van der Waals surface area contributed by atoms with Crippen LogP contribution in [-0.4, -0.2) is 16.3 Å². The Morgan fingerprint density at radius 1 is 1.41 bits per heavy atom. The molecule has 0 saturated carbocycles.